The summed E-state index contributed by atoms with van der Waals surface area (Å²) in [7, 11) is 0. The van der Waals surface area contributed by atoms with E-state index >= 15 is 0 Å². The molecular weight excluding hydrogens is 499 g/mol. The van der Waals surface area contributed by atoms with Crippen LogP contribution >= 0.6 is 0 Å². The number of alkyl halides is 3. The Bertz CT molecular complexity index is 1490. The van der Waals surface area contributed by atoms with Gasteiger partial charge in [-0.2, -0.15) is 28.7 Å². The van der Waals surface area contributed by atoms with E-state index in [1.807, 2.05) is 19.9 Å². The third-order valence-corrected chi connectivity index (χ3v) is 5.97. The second kappa shape index (κ2) is 9.90. The fourth-order valence-electron chi connectivity index (χ4n) is 4.27. The number of aromatic nitrogens is 3. The maximum atomic E-state index is 13.5. The fourth-order valence-corrected chi connectivity index (χ4v) is 4.27. The van der Waals surface area contributed by atoms with E-state index in [2.05, 4.69) is 16.2 Å². The van der Waals surface area contributed by atoms with E-state index in [4.69, 9.17) is 0 Å². The van der Waals surface area contributed by atoms with Crippen molar-refractivity contribution in [1.82, 2.24) is 14.8 Å². The number of benzene rings is 2. The number of fused-ring (bicyclic) bond motifs is 1. The van der Waals surface area contributed by atoms with Crippen molar-refractivity contribution in [3.05, 3.63) is 76.5 Å². The molecule has 1 N–H and O–H groups in total. The largest absolute Gasteiger partial charge is 0.465 e. The van der Waals surface area contributed by atoms with E-state index < -0.39 is 23.9 Å². The highest BCUT2D eigenvalue weighted by atomic mass is 19.4. The molecule has 12 heteroatoms. The molecule has 1 amide bonds. The van der Waals surface area contributed by atoms with Crippen molar-refractivity contribution in [2.45, 2.75) is 33.0 Å². The molecule has 0 saturated heterocycles. The van der Waals surface area contributed by atoms with E-state index in [1.54, 1.807) is 31.2 Å². The smallest absolute Gasteiger partial charge is 0.416 e. The molecule has 3 aromatic rings. The van der Waals surface area contributed by atoms with Gasteiger partial charge in [-0.3, -0.25) is 4.90 Å². The molecule has 1 aliphatic heterocycles. The number of halogens is 3. The van der Waals surface area contributed by atoms with Crippen molar-refractivity contribution < 1.29 is 23.1 Å². The lowest BCUT2D eigenvalue weighted by Crippen LogP contribution is -2.34. The minimum absolute atomic E-state index is 0.0418. The second-order valence-electron chi connectivity index (χ2n) is 9.07. The van der Waals surface area contributed by atoms with Gasteiger partial charge in [-0.05, 0) is 48.7 Å². The van der Waals surface area contributed by atoms with Gasteiger partial charge in [0.15, 0.2) is 0 Å². The van der Waals surface area contributed by atoms with E-state index in [-0.39, 0.29) is 35.6 Å². The zero-order valence-corrected chi connectivity index (χ0v) is 20.6. The molecule has 0 spiro atoms. The van der Waals surface area contributed by atoms with Crippen molar-refractivity contribution in [2.75, 3.05) is 16.3 Å². The number of anilines is 3. The Balaban J connectivity index is 1.98. The van der Waals surface area contributed by atoms with Crippen LogP contribution in [0.5, 0.6) is 0 Å². The lowest BCUT2D eigenvalue weighted by molar-refractivity contribution is -0.137. The highest BCUT2D eigenvalue weighted by Crippen LogP contribution is 2.43. The van der Waals surface area contributed by atoms with Crippen LogP contribution in [0.2, 0.25) is 0 Å². The summed E-state index contributed by atoms with van der Waals surface area (Å²) in [6, 6.07) is 14.3. The minimum Gasteiger partial charge on any atom is -0.465 e. The maximum Gasteiger partial charge on any atom is 0.416 e. The van der Waals surface area contributed by atoms with Crippen LogP contribution in [-0.2, 0) is 6.18 Å². The third kappa shape index (κ3) is 4.76. The quantitative estimate of drug-likeness (QED) is 0.447. The Morgan fingerprint density at radius 1 is 1.16 bits per heavy atom. The van der Waals surface area contributed by atoms with Gasteiger partial charge < -0.3 is 5.11 Å². The Hall–Kier alpha value is -4.84. The molecule has 4 rings (SSSR count). The SMILES string of the molecule is CC1=C(C#N)[C@@H](c2ccc(C#N)cc2)n2nc(N(CC(C)C)C(=O)O)nc2N1c1cccc(C(F)(F)F)c1. The van der Waals surface area contributed by atoms with Crippen LogP contribution in [0.4, 0.5) is 35.5 Å². The number of nitriles is 2. The number of carbonyl (C=O) groups is 1. The summed E-state index contributed by atoms with van der Waals surface area (Å²) < 4.78 is 41.9. The van der Waals surface area contributed by atoms with Crippen LogP contribution < -0.4 is 9.80 Å². The first-order chi connectivity index (χ1) is 18.0. The summed E-state index contributed by atoms with van der Waals surface area (Å²) in [6.45, 7) is 5.29. The van der Waals surface area contributed by atoms with E-state index in [9.17, 15) is 33.6 Å². The van der Waals surface area contributed by atoms with Gasteiger partial charge in [-0.1, -0.05) is 32.0 Å². The van der Waals surface area contributed by atoms with Gasteiger partial charge in [0.25, 0.3) is 5.95 Å². The summed E-state index contributed by atoms with van der Waals surface area (Å²) in [6.07, 6.45) is -5.91. The summed E-state index contributed by atoms with van der Waals surface area (Å²) >= 11 is 0. The maximum absolute atomic E-state index is 13.5. The van der Waals surface area contributed by atoms with Crippen LogP contribution in [0.15, 0.2) is 59.8 Å². The molecule has 2 heterocycles. The van der Waals surface area contributed by atoms with E-state index in [0.29, 0.717) is 16.8 Å². The molecule has 2 aromatic carbocycles. The van der Waals surface area contributed by atoms with Crippen LogP contribution in [0.1, 0.15) is 43.5 Å². The summed E-state index contributed by atoms with van der Waals surface area (Å²) in [5.41, 5.74) is 0.609. The van der Waals surface area contributed by atoms with E-state index in [0.717, 1.165) is 17.0 Å². The zero-order chi connectivity index (χ0) is 27.8. The fraction of sp³-hybridized carbons (Fsp3) is 0.269. The van der Waals surface area contributed by atoms with E-state index in [1.165, 1.54) is 21.7 Å². The summed E-state index contributed by atoms with van der Waals surface area (Å²) in [4.78, 5) is 18.8. The van der Waals surface area contributed by atoms with Crippen LogP contribution in [0, 0.1) is 28.6 Å². The average Bonchev–Trinajstić information content (AvgIpc) is 3.30. The molecule has 0 saturated carbocycles. The number of hydrogen-bond donors (Lipinski definition) is 1. The van der Waals surface area contributed by atoms with Gasteiger partial charge in [-0.15, -0.1) is 5.10 Å². The van der Waals surface area contributed by atoms with Crippen molar-refractivity contribution >= 4 is 23.7 Å². The normalized spacial score (nSPS) is 15.2. The van der Waals surface area contributed by atoms with Crippen molar-refractivity contribution in [2.24, 2.45) is 5.92 Å². The zero-order valence-electron chi connectivity index (χ0n) is 20.6. The number of carboxylic acid groups (broad SMARTS) is 1. The molecule has 38 heavy (non-hydrogen) atoms. The summed E-state index contributed by atoms with van der Waals surface area (Å²) in [5, 5.41) is 33.6. The number of hydrogen-bond acceptors (Lipinski definition) is 6. The molecule has 0 unspecified atom stereocenters. The molecule has 9 nitrogen and oxygen atoms in total. The van der Waals surface area contributed by atoms with Gasteiger partial charge in [0, 0.05) is 17.9 Å². The average molecular weight is 522 g/mol. The topological polar surface area (TPSA) is 122 Å². The molecule has 1 atom stereocenters. The number of rotatable bonds is 5. The van der Waals surface area contributed by atoms with Gasteiger partial charge in [-0.25, -0.2) is 14.4 Å². The standard InChI is InChI=1S/C26H22F3N7O2/c1-15(2)14-34(25(37)38)23-32-24-35(20-6-4-5-19(11-20)26(27,28)29)16(3)21(13-31)22(36(24)33-23)18-9-7-17(12-30)8-10-18/h4-11,15,22H,14H2,1-3H3,(H,37,38)/t22-/m1/s1. The predicted molar refractivity (Wildman–Crippen MR) is 131 cm³/mol. The van der Waals surface area contributed by atoms with Crippen LogP contribution in [0.25, 0.3) is 0 Å². The Labute approximate surface area is 216 Å². The van der Waals surface area contributed by atoms with Gasteiger partial charge in [0.2, 0.25) is 5.95 Å². The molecule has 0 aliphatic carbocycles. The highest BCUT2D eigenvalue weighted by Gasteiger charge is 2.38. The first kappa shape index (κ1) is 26.2. The lowest BCUT2D eigenvalue weighted by Gasteiger charge is -2.34. The highest BCUT2D eigenvalue weighted by molar-refractivity contribution is 5.84. The lowest BCUT2D eigenvalue weighted by atomic mass is 9.95. The number of nitrogens with zero attached hydrogens (tertiary/aromatic N) is 7. The molecule has 194 valence electrons. The van der Waals surface area contributed by atoms with Crippen LogP contribution in [0.3, 0.4) is 0 Å². The molecule has 1 aromatic heterocycles. The molecule has 0 fully saturated rings. The summed E-state index contributed by atoms with van der Waals surface area (Å²) in [5.74, 6) is -0.209. The predicted octanol–water partition coefficient (Wildman–Crippen LogP) is 5.85. The molecule has 1 aliphatic rings. The molecular formula is C26H22F3N7O2. The molecule has 0 radical (unpaired) electrons. The van der Waals surface area contributed by atoms with Gasteiger partial charge >= 0.3 is 12.3 Å². The van der Waals surface area contributed by atoms with Gasteiger partial charge in [0.1, 0.15) is 6.04 Å². The second-order valence-corrected chi connectivity index (χ2v) is 9.07. The third-order valence-electron chi connectivity index (χ3n) is 5.97. The Morgan fingerprint density at radius 2 is 1.84 bits per heavy atom. The Morgan fingerprint density at radius 3 is 2.39 bits per heavy atom. The minimum atomic E-state index is -4.61. The Kier molecular flexibility index (Phi) is 6.83. The number of amides is 1. The molecule has 0 bridgehead atoms. The van der Waals surface area contributed by atoms with Gasteiger partial charge in [0.05, 0.1) is 28.8 Å². The monoisotopic (exact) mass is 521 g/mol. The first-order valence-corrected chi connectivity index (χ1v) is 11.5. The first-order valence-electron chi connectivity index (χ1n) is 11.5. The van der Waals surface area contributed by atoms with Crippen molar-refractivity contribution in [1.29, 1.82) is 10.5 Å². The number of allylic oxidation sites excluding steroid dienone is 2. The van der Waals surface area contributed by atoms with Crippen LogP contribution in [-0.4, -0.2) is 32.5 Å². The van der Waals surface area contributed by atoms with Crippen molar-refractivity contribution in [3.8, 4) is 12.1 Å². The van der Waals surface area contributed by atoms with Crippen molar-refractivity contribution in [3.63, 3.8) is 0 Å².